The van der Waals surface area contributed by atoms with E-state index < -0.39 is 10.0 Å². The Morgan fingerprint density at radius 2 is 1.88 bits per heavy atom. The molecule has 0 aliphatic carbocycles. The van der Waals surface area contributed by atoms with Gasteiger partial charge >= 0.3 is 0 Å². The van der Waals surface area contributed by atoms with E-state index in [1.165, 1.54) is 10.4 Å². The molecule has 1 saturated heterocycles. The lowest BCUT2D eigenvalue weighted by Crippen LogP contribution is -2.41. The number of aryl methyl sites for hydroxylation is 1. The first kappa shape index (κ1) is 23.2. The largest absolute Gasteiger partial charge is 0.379 e. The maximum absolute atomic E-state index is 13.2. The number of nitrogens with zero attached hydrogens (tertiary/aromatic N) is 3. The molecule has 2 aromatic carbocycles. The number of sulfonamides is 1. The minimum atomic E-state index is -3.70. The molecular formula is C24H28N4O4S. The molecule has 1 aliphatic heterocycles. The highest BCUT2D eigenvalue weighted by Crippen LogP contribution is 2.24. The minimum absolute atomic E-state index is 0.192. The molecule has 0 bridgehead atoms. The van der Waals surface area contributed by atoms with Crippen molar-refractivity contribution in [1.29, 1.82) is 0 Å². The monoisotopic (exact) mass is 468 g/mol. The number of rotatable bonds is 7. The van der Waals surface area contributed by atoms with E-state index in [0.717, 1.165) is 11.3 Å². The summed E-state index contributed by atoms with van der Waals surface area (Å²) < 4.78 is 35.1. The van der Waals surface area contributed by atoms with Crippen LogP contribution in [0.4, 0.5) is 0 Å². The zero-order valence-electron chi connectivity index (χ0n) is 18.8. The first-order valence-corrected chi connectivity index (χ1v) is 12.4. The second kappa shape index (κ2) is 9.86. The first-order valence-electron chi connectivity index (χ1n) is 11.0. The van der Waals surface area contributed by atoms with Gasteiger partial charge in [-0.1, -0.05) is 25.1 Å². The molecule has 1 aliphatic rings. The highest BCUT2D eigenvalue weighted by atomic mass is 32.2. The van der Waals surface area contributed by atoms with Crippen LogP contribution in [0.5, 0.6) is 0 Å². The number of aromatic nitrogens is 2. The van der Waals surface area contributed by atoms with Crippen LogP contribution in [0.3, 0.4) is 0 Å². The van der Waals surface area contributed by atoms with Gasteiger partial charge < -0.3 is 14.6 Å². The Balaban J connectivity index is 1.52. The van der Waals surface area contributed by atoms with Gasteiger partial charge in [0.25, 0.3) is 5.91 Å². The van der Waals surface area contributed by atoms with E-state index in [0.29, 0.717) is 43.9 Å². The molecule has 1 atom stereocenters. The topological polar surface area (TPSA) is 93.5 Å². The quantitative estimate of drug-likeness (QED) is 0.576. The van der Waals surface area contributed by atoms with Crippen molar-refractivity contribution in [3.8, 4) is 5.69 Å². The second-order valence-electron chi connectivity index (χ2n) is 7.95. The molecule has 1 aromatic heterocycles. The number of nitrogens with one attached hydrogen (secondary N) is 1. The Kier molecular flexibility index (Phi) is 6.92. The summed E-state index contributed by atoms with van der Waals surface area (Å²) in [5, 5.41) is 2.98. The Hall–Kier alpha value is -3.01. The Labute approximate surface area is 194 Å². The van der Waals surface area contributed by atoms with E-state index in [2.05, 4.69) is 10.3 Å². The van der Waals surface area contributed by atoms with E-state index in [9.17, 15) is 13.2 Å². The number of hydrogen-bond donors (Lipinski definition) is 1. The third-order valence-corrected chi connectivity index (χ3v) is 7.82. The van der Waals surface area contributed by atoms with Crippen molar-refractivity contribution in [3.63, 3.8) is 0 Å². The molecule has 1 unspecified atom stereocenters. The summed E-state index contributed by atoms with van der Waals surface area (Å²) in [5.74, 6) is -0.317. The molecule has 9 heteroatoms. The van der Waals surface area contributed by atoms with E-state index in [1.807, 2.05) is 48.9 Å². The smallest absolute Gasteiger partial charge is 0.251 e. The van der Waals surface area contributed by atoms with E-state index in [1.54, 1.807) is 24.7 Å². The Morgan fingerprint density at radius 3 is 2.52 bits per heavy atom. The van der Waals surface area contributed by atoms with Crippen molar-refractivity contribution < 1.29 is 17.9 Å². The van der Waals surface area contributed by atoms with Crippen LogP contribution in [0.1, 0.15) is 41.4 Å². The molecule has 8 nitrogen and oxygen atoms in total. The van der Waals surface area contributed by atoms with Crippen molar-refractivity contribution in [2.45, 2.75) is 31.2 Å². The van der Waals surface area contributed by atoms with Crippen LogP contribution in [0.15, 0.2) is 66.1 Å². The third-order valence-electron chi connectivity index (χ3n) is 5.84. The van der Waals surface area contributed by atoms with Gasteiger partial charge in [0.15, 0.2) is 0 Å². The van der Waals surface area contributed by atoms with Crippen LogP contribution < -0.4 is 5.32 Å². The van der Waals surface area contributed by atoms with Gasteiger partial charge in [0.2, 0.25) is 10.0 Å². The Bertz CT molecular complexity index is 1200. The zero-order valence-corrected chi connectivity index (χ0v) is 19.6. The molecule has 1 amide bonds. The predicted molar refractivity (Wildman–Crippen MR) is 125 cm³/mol. The lowest BCUT2D eigenvalue weighted by atomic mass is 10.1. The maximum atomic E-state index is 13.2. The predicted octanol–water partition coefficient (Wildman–Crippen LogP) is 2.95. The minimum Gasteiger partial charge on any atom is -0.379 e. The van der Waals surface area contributed by atoms with Gasteiger partial charge in [-0.15, -0.1) is 0 Å². The van der Waals surface area contributed by atoms with Gasteiger partial charge in [-0.25, -0.2) is 13.4 Å². The molecule has 4 rings (SSSR count). The summed E-state index contributed by atoms with van der Waals surface area (Å²) in [7, 11) is -3.70. The number of benzene rings is 2. The van der Waals surface area contributed by atoms with Gasteiger partial charge in [-0.3, -0.25) is 4.79 Å². The number of ether oxygens (including phenoxy) is 1. The summed E-state index contributed by atoms with van der Waals surface area (Å²) in [6.07, 6.45) is 5.86. The molecule has 0 saturated carbocycles. The van der Waals surface area contributed by atoms with E-state index in [4.69, 9.17) is 4.74 Å². The van der Waals surface area contributed by atoms with Crippen LogP contribution >= 0.6 is 0 Å². The SMILES string of the molecule is CCc1ccc(C(=O)NC(C)c2ccc(-n3ccnc3)cc2)cc1S(=O)(=O)N1CCOCC1. The van der Waals surface area contributed by atoms with Gasteiger partial charge in [0.05, 0.1) is 30.5 Å². The lowest BCUT2D eigenvalue weighted by molar-refractivity contribution is 0.0730. The van der Waals surface area contributed by atoms with E-state index in [-0.39, 0.29) is 16.8 Å². The highest BCUT2D eigenvalue weighted by Gasteiger charge is 2.29. The molecule has 33 heavy (non-hydrogen) atoms. The second-order valence-corrected chi connectivity index (χ2v) is 9.86. The van der Waals surface area contributed by atoms with Crippen molar-refractivity contribution in [3.05, 3.63) is 77.9 Å². The standard InChI is InChI=1S/C24H28N4O4S/c1-3-19-4-5-21(16-23(19)33(30,31)28-12-14-32-15-13-28)24(29)26-18(2)20-6-8-22(9-7-20)27-11-10-25-17-27/h4-11,16-18H,3,12-15H2,1-2H3,(H,26,29). The average molecular weight is 469 g/mol. The van der Waals surface area contributed by atoms with Gasteiger partial charge in [-0.05, 0) is 48.7 Å². The summed E-state index contributed by atoms with van der Waals surface area (Å²) in [4.78, 5) is 17.2. The summed E-state index contributed by atoms with van der Waals surface area (Å²) >= 11 is 0. The summed E-state index contributed by atoms with van der Waals surface area (Å²) in [6, 6.07) is 12.5. The van der Waals surface area contributed by atoms with Gasteiger partial charge in [0, 0.05) is 36.7 Å². The van der Waals surface area contributed by atoms with Crippen molar-refractivity contribution in [1.82, 2.24) is 19.2 Å². The number of morpholine rings is 1. The van der Waals surface area contributed by atoms with Crippen LogP contribution in [0, 0.1) is 0 Å². The number of imidazole rings is 1. The highest BCUT2D eigenvalue weighted by molar-refractivity contribution is 7.89. The fourth-order valence-electron chi connectivity index (χ4n) is 3.86. The van der Waals surface area contributed by atoms with Gasteiger partial charge in [-0.2, -0.15) is 4.31 Å². The maximum Gasteiger partial charge on any atom is 0.251 e. The first-order chi connectivity index (χ1) is 15.9. The number of hydrogen-bond acceptors (Lipinski definition) is 5. The molecule has 174 valence electrons. The number of carbonyl (C=O) groups excluding carboxylic acids is 1. The lowest BCUT2D eigenvalue weighted by Gasteiger charge is -2.27. The third kappa shape index (κ3) is 5.00. The fourth-order valence-corrected chi connectivity index (χ4v) is 5.59. The van der Waals surface area contributed by atoms with Crippen LogP contribution in [0.2, 0.25) is 0 Å². The fraction of sp³-hybridized carbons (Fsp3) is 0.333. The van der Waals surface area contributed by atoms with Crippen LogP contribution in [-0.2, 0) is 21.2 Å². The van der Waals surface area contributed by atoms with Crippen molar-refractivity contribution in [2.24, 2.45) is 0 Å². The molecule has 1 fully saturated rings. The van der Waals surface area contributed by atoms with Gasteiger partial charge in [0.1, 0.15) is 0 Å². The van der Waals surface area contributed by atoms with Crippen molar-refractivity contribution >= 4 is 15.9 Å². The number of carbonyl (C=O) groups is 1. The molecule has 0 spiro atoms. The Morgan fingerprint density at radius 1 is 1.15 bits per heavy atom. The van der Waals surface area contributed by atoms with Crippen LogP contribution in [0.25, 0.3) is 5.69 Å². The number of amides is 1. The van der Waals surface area contributed by atoms with Crippen LogP contribution in [-0.4, -0.2) is 54.5 Å². The molecule has 3 aromatic rings. The summed E-state index contributed by atoms with van der Waals surface area (Å²) in [6.45, 7) is 5.18. The zero-order chi connectivity index (χ0) is 23.4. The van der Waals surface area contributed by atoms with Crippen molar-refractivity contribution in [2.75, 3.05) is 26.3 Å². The molecular weight excluding hydrogens is 440 g/mol. The average Bonchev–Trinajstić information content (AvgIpc) is 3.39. The molecule has 0 radical (unpaired) electrons. The van der Waals surface area contributed by atoms with E-state index >= 15 is 0 Å². The summed E-state index contributed by atoms with van der Waals surface area (Å²) in [5.41, 5.74) is 2.93. The molecule has 1 N–H and O–H groups in total. The molecule has 2 heterocycles. The normalized spacial score (nSPS) is 15.8.